The number of hydrogen-bond donors (Lipinski definition) is 0. The van der Waals surface area contributed by atoms with Crippen molar-refractivity contribution in [2.24, 2.45) is 0 Å². The molecule has 1 aromatic rings. The molecule has 1 aromatic carbocycles. The first-order valence-electron chi connectivity index (χ1n) is 2.97. The molecule has 0 atom stereocenters. The SMILES string of the molecule is C=Ic1cc(Br)ccc1[N+](=O)[O-]. The molecule has 0 amide bonds. The highest BCUT2D eigenvalue weighted by Gasteiger charge is 2.10. The molecule has 5 heteroatoms. The molecule has 3 nitrogen and oxygen atoms in total. The number of nitro groups is 1. The van der Waals surface area contributed by atoms with E-state index in [1.54, 1.807) is 12.1 Å². The van der Waals surface area contributed by atoms with Gasteiger partial charge in [0.25, 0.3) is 5.69 Å². The van der Waals surface area contributed by atoms with Crippen molar-refractivity contribution in [1.29, 1.82) is 0 Å². The lowest BCUT2D eigenvalue weighted by Crippen LogP contribution is -1.90. The van der Waals surface area contributed by atoms with E-state index in [1.165, 1.54) is 6.07 Å². The van der Waals surface area contributed by atoms with Crippen molar-refractivity contribution in [2.75, 3.05) is 0 Å². The van der Waals surface area contributed by atoms with Gasteiger partial charge >= 0.3 is 0 Å². The number of nitrogens with zero attached hydrogens (tertiary/aromatic N) is 1. The van der Waals surface area contributed by atoms with Gasteiger partial charge in [0.1, 0.15) is 0 Å². The first-order chi connectivity index (χ1) is 5.65. The van der Waals surface area contributed by atoms with Gasteiger partial charge in [-0.2, -0.15) is 0 Å². The first kappa shape index (κ1) is 9.79. The largest absolute Gasteiger partial charge is 0.282 e. The molecule has 0 radical (unpaired) electrons. The third-order valence-electron chi connectivity index (χ3n) is 1.25. The van der Waals surface area contributed by atoms with Crippen LogP contribution in [0, 0.1) is 13.7 Å². The van der Waals surface area contributed by atoms with Crippen LogP contribution in [0.1, 0.15) is 0 Å². The van der Waals surface area contributed by atoms with Gasteiger partial charge in [0.15, 0.2) is 0 Å². The lowest BCUT2D eigenvalue weighted by molar-refractivity contribution is -0.385. The topological polar surface area (TPSA) is 43.1 Å². The molecule has 0 aliphatic rings. The summed E-state index contributed by atoms with van der Waals surface area (Å²) in [4.78, 5) is 10.1. The molecule has 0 aliphatic heterocycles. The summed E-state index contributed by atoms with van der Waals surface area (Å²) in [6, 6.07) is 4.93. The van der Waals surface area contributed by atoms with E-state index < -0.39 is 20.7 Å². The van der Waals surface area contributed by atoms with Crippen LogP contribution in [-0.2, 0) is 0 Å². The Morgan fingerprint density at radius 3 is 2.75 bits per heavy atom. The summed E-state index contributed by atoms with van der Waals surface area (Å²) in [7, 11) is 0. The summed E-state index contributed by atoms with van der Waals surface area (Å²) in [6.07, 6.45) is 0. The highest BCUT2D eigenvalue weighted by molar-refractivity contribution is 14.2. The Hall–Kier alpha value is -0.300. The van der Waals surface area contributed by atoms with Gasteiger partial charge in [-0.3, -0.25) is 10.1 Å². The van der Waals surface area contributed by atoms with Gasteiger partial charge in [-0.25, -0.2) is 0 Å². The molecule has 0 N–H and O–H groups in total. The fraction of sp³-hybridized carbons (Fsp3) is 0. The second-order valence-electron chi connectivity index (χ2n) is 1.99. The van der Waals surface area contributed by atoms with Crippen molar-refractivity contribution in [3.63, 3.8) is 0 Å². The van der Waals surface area contributed by atoms with Crippen molar-refractivity contribution >= 4 is 46.9 Å². The maximum Gasteiger partial charge on any atom is 0.282 e. The lowest BCUT2D eigenvalue weighted by Gasteiger charge is -1.96. The molecule has 0 unspecified atom stereocenters. The predicted octanol–water partition coefficient (Wildman–Crippen LogP) is 2.93. The van der Waals surface area contributed by atoms with Crippen molar-refractivity contribution in [3.8, 4) is 0 Å². The number of halogens is 2. The van der Waals surface area contributed by atoms with Gasteiger partial charge in [0, 0.05) is 10.5 Å². The van der Waals surface area contributed by atoms with Crippen molar-refractivity contribution in [1.82, 2.24) is 0 Å². The van der Waals surface area contributed by atoms with E-state index >= 15 is 0 Å². The van der Waals surface area contributed by atoms with E-state index in [0.717, 1.165) is 8.04 Å². The number of hydrogen-bond acceptors (Lipinski definition) is 2. The Morgan fingerprint density at radius 1 is 1.58 bits per heavy atom. The zero-order valence-electron chi connectivity index (χ0n) is 5.96. The molecule has 64 valence electrons. The molecule has 1 rings (SSSR count). The molecule has 12 heavy (non-hydrogen) atoms. The Morgan fingerprint density at radius 2 is 2.25 bits per heavy atom. The summed E-state index contributed by atoms with van der Waals surface area (Å²) < 4.78 is 5.35. The highest BCUT2D eigenvalue weighted by Crippen LogP contribution is 2.26. The van der Waals surface area contributed by atoms with Crippen LogP contribution in [0.4, 0.5) is 5.69 Å². The molecule has 0 saturated heterocycles. The average Bonchev–Trinajstić information content (AvgIpc) is 2.03. The number of rotatable bonds is 2. The van der Waals surface area contributed by atoms with Gasteiger partial charge in [-0.15, -0.1) is 0 Å². The average molecular weight is 342 g/mol. The van der Waals surface area contributed by atoms with Gasteiger partial charge < -0.3 is 0 Å². The number of nitro benzene ring substituents is 1. The lowest BCUT2D eigenvalue weighted by atomic mass is 10.3. The minimum atomic E-state index is -0.484. The third kappa shape index (κ3) is 2.10. The quantitative estimate of drug-likeness (QED) is 0.471. The Kier molecular flexibility index (Phi) is 3.33. The minimum absolute atomic E-state index is 0.181. The number of benzene rings is 1. The maximum absolute atomic E-state index is 10.5. The second kappa shape index (κ2) is 4.08. The van der Waals surface area contributed by atoms with E-state index in [2.05, 4.69) is 20.4 Å². The summed E-state index contributed by atoms with van der Waals surface area (Å²) in [5.41, 5.74) is 0.181. The fourth-order valence-corrected chi connectivity index (χ4v) is 2.85. The summed E-state index contributed by atoms with van der Waals surface area (Å²) in [6.45, 7) is 0. The van der Waals surface area contributed by atoms with Crippen LogP contribution < -0.4 is 0 Å². The summed E-state index contributed by atoms with van der Waals surface area (Å²) in [5, 5.41) is 10.5. The van der Waals surface area contributed by atoms with Gasteiger partial charge in [-0.1, -0.05) is 41.2 Å². The minimum Gasteiger partial charge on any atom is -0.258 e. The zero-order valence-corrected chi connectivity index (χ0v) is 9.70. The molecule has 0 spiro atoms. The van der Waals surface area contributed by atoms with Crippen LogP contribution in [0.2, 0.25) is 0 Å². The van der Waals surface area contributed by atoms with Crippen LogP contribution in [0.15, 0.2) is 22.7 Å². The zero-order chi connectivity index (χ0) is 9.14. The smallest absolute Gasteiger partial charge is 0.258 e. The Bertz CT molecular complexity index is 340. The van der Waals surface area contributed by atoms with Crippen molar-refractivity contribution < 1.29 is 4.92 Å². The first-order valence-corrected chi connectivity index (χ1v) is 6.37. The normalized spacial score (nSPS) is 9.75. The van der Waals surface area contributed by atoms with Crippen LogP contribution in [0.5, 0.6) is 0 Å². The summed E-state index contributed by atoms with van der Waals surface area (Å²) >= 11 is 2.77. The van der Waals surface area contributed by atoms with Crippen LogP contribution in [0.3, 0.4) is 0 Å². The van der Waals surface area contributed by atoms with Gasteiger partial charge in [0.05, 0.1) is 8.49 Å². The van der Waals surface area contributed by atoms with Crippen LogP contribution >= 0.6 is 36.7 Å². The van der Waals surface area contributed by atoms with Crippen LogP contribution in [-0.4, -0.2) is 9.44 Å². The molecule has 0 bridgehead atoms. The molecule has 0 saturated carbocycles. The molecular formula is C7H5BrINO2. The summed E-state index contributed by atoms with van der Waals surface area (Å²) in [5.74, 6) is 0. The van der Waals surface area contributed by atoms with Gasteiger partial charge in [0.2, 0.25) is 0 Å². The monoisotopic (exact) mass is 341 g/mol. The van der Waals surface area contributed by atoms with E-state index in [9.17, 15) is 10.1 Å². The maximum atomic E-state index is 10.5. The molecule has 0 aliphatic carbocycles. The second-order valence-corrected chi connectivity index (χ2v) is 4.83. The van der Waals surface area contributed by atoms with Crippen LogP contribution in [0.25, 0.3) is 0 Å². The van der Waals surface area contributed by atoms with Gasteiger partial charge in [-0.05, 0) is 12.1 Å². The molecule has 0 aromatic heterocycles. The third-order valence-corrected chi connectivity index (χ3v) is 3.43. The molecular weight excluding hydrogens is 337 g/mol. The fourth-order valence-electron chi connectivity index (χ4n) is 0.736. The molecule has 0 fully saturated rings. The van der Waals surface area contributed by atoms with Crippen molar-refractivity contribution in [3.05, 3.63) is 36.4 Å². The molecule has 0 heterocycles. The highest BCUT2D eigenvalue weighted by atomic mass is 127. The standard InChI is InChI=1S/C7H5BrINO2/c1-9-6-4-5(8)2-3-7(6)10(11)12/h2-4H,1H2. The van der Waals surface area contributed by atoms with E-state index in [0.29, 0.717) is 0 Å². The van der Waals surface area contributed by atoms with E-state index in [4.69, 9.17) is 0 Å². The Balaban J connectivity index is 3.29. The van der Waals surface area contributed by atoms with E-state index in [-0.39, 0.29) is 10.6 Å². The predicted molar refractivity (Wildman–Crippen MR) is 60.6 cm³/mol. The van der Waals surface area contributed by atoms with Crippen molar-refractivity contribution in [2.45, 2.75) is 0 Å². The van der Waals surface area contributed by atoms with E-state index in [1.807, 2.05) is 0 Å². The Labute approximate surface area is 87.8 Å².